The summed E-state index contributed by atoms with van der Waals surface area (Å²) in [4.78, 5) is 0. The van der Waals surface area contributed by atoms with Gasteiger partial charge in [-0.25, -0.2) is 0 Å². The molecule has 1 aromatic heterocycles. The molecule has 2 aromatic rings. The van der Waals surface area contributed by atoms with E-state index in [1.165, 1.54) is 27.9 Å². The van der Waals surface area contributed by atoms with Crippen molar-refractivity contribution in [3.63, 3.8) is 0 Å². The lowest BCUT2D eigenvalue weighted by Crippen LogP contribution is -2.23. The lowest BCUT2D eigenvalue weighted by molar-refractivity contribution is 0.545. The van der Waals surface area contributed by atoms with E-state index >= 15 is 0 Å². The molecular weight excluding hydrogens is 246 g/mol. The van der Waals surface area contributed by atoms with Gasteiger partial charge in [0.1, 0.15) is 0 Å². The van der Waals surface area contributed by atoms with Crippen molar-refractivity contribution in [1.29, 1.82) is 0 Å². The van der Waals surface area contributed by atoms with Crippen LogP contribution in [0.4, 0.5) is 0 Å². The Balaban J connectivity index is 2.27. The number of hydrogen-bond acceptors (Lipinski definition) is 2. The van der Waals surface area contributed by atoms with E-state index in [4.69, 9.17) is 0 Å². The first-order valence-electron chi connectivity index (χ1n) is 7.30. The van der Waals surface area contributed by atoms with Crippen LogP contribution in [0.1, 0.15) is 40.9 Å². The lowest BCUT2D eigenvalue weighted by Gasteiger charge is -2.18. The smallest absolute Gasteiger partial charge is 0.0540 e. The van der Waals surface area contributed by atoms with Gasteiger partial charge in [0.05, 0.1) is 6.20 Å². The van der Waals surface area contributed by atoms with Crippen LogP contribution in [0, 0.1) is 20.8 Å². The molecule has 0 aliphatic heterocycles. The summed E-state index contributed by atoms with van der Waals surface area (Å²) >= 11 is 0. The first-order valence-corrected chi connectivity index (χ1v) is 7.30. The third kappa shape index (κ3) is 3.28. The molecule has 2 rings (SSSR count). The van der Waals surface area contributed by atoms with Crippen molar-refractivity contribution >= 4 is 0 Å². The highest BCUT2D eigenvalue weighted by Crippen LogP contribution is 2.22. The van der Waals surface area contributed by atoms with Gasteiger partial charge in [0, 0.05) is 24.3 Å². The van der Waals surface area contributed by atoms with Gasteiger partial charge in [-0.05, 0) is 39.3 Å². The second kappa shape index (κ2) is 6.23. The quantitative estimate of drug-likeness (QED) is 0.904. The van der Waals surface area contributed by atoms with Crippen molar-refractivity contribution in [3.8, 4) is 0 Å². The maximum absolute atomic E-state index is 4.37. The fourth-order valence-electron chi connectivity index (χ4n) is 2.82. The highest BCUT2D eigenvalue weighted by molar-refractivity contribution is 5.31. The molecule has 0 aliphatic carbocycles. The summed E-state index contributed by atoms with van der Waals surface area (Å²) in [5.41, 5.74) is 6.59. The topological polar surface area (TPSA) is 29.9 Å². The molecule has 0 bridgehead atoms. The Bertz CT molecular complexity index is 564. The normalized spacial score (nSPS) is 12.7. The molecule has 0 amide bonds. The van der Waals surface area contributed by atoms with Gasteiger partial charge < -0.3 is 5.32 Å². The molecular formula is C17H25N3. The Morgan fingerprint density at radius 1 is 1.15 bits per heavy atom. The number of nitrogens with zero attached hydrogens (tertiary/aromatic N) is 2. The molecule has 1 atom stereocenters. The predicted molar refractivity (Wildman–Crippen MR) is 84.0 cm³/mol. The monoisotopic (exact) mass is 271 g/mol. The first kappa shape index (κ1) is 14.8. The number of aromatic nitrogens is 2. The van der Waals surface area contributed by atoms with Crippen molar-refractivity contribution in [1.82, 2.24) is 15.1 Å². The maximum atomic E-state index is 4.37. The van der Waals surface area contributed by atoms with Crippen LogP contribution in [-0.2, 0) is 13.5 Å². The number of likely N-dealkylation sites (N-methyl/N-ethyl adjacent to an activating group) is 1. The molecule has 0 saturated heterocycles. The number of nitrogens with one attached hydrogen (secondary N) is 1. The molecule has 1 unspecified atom stereocenters. The average molecular weight is 271 g/mol. The summed E-state index contributed by atoms with van der Waals surface area (Å²) in [6, 6.07) is 7.11. The zero-order chi connectivity index (χ0) is 14.7. The van der Waals surface area contributed by atoms with E-state index in [2.05, 4.69) is 56.3 Å². The van der Waals surface area contributed by atoms with Crippen LogP contribution in [0.5, 0.6) is 0 Å². The largest absolute Gasteiger partial charge is 0.310 e. The molecule has 20 heavy (non-hydrogen) atoms. The fraction of sp³-hybridized carbons (Fsp3) is 0.471. The number of aryl methyl sites for hydroxylation is 3. The molecule has 0 fully saturated rings. The van der Waals surface area contributed by atoms with Crippen molar-refractivity contribution in [3.05, 3.63) is 52.3 Å². The standard InChI is InChI=1S/C17H25N3/c1-6-18-17(16-11-19-20(5)14(16)4)10-15-8-12(2)7-13(3)9-15/h7-9,11,17-18H,6,10H2,1-5H3. The van der Waals surface area contributed by atoms with Crippen LogP contribution in [0.25, 0.3) is 0 Å². The molecule has 1 heterocycles. The summed E-state index contributed by atoms with van der Waals surface area (Å²) in [7, 11) is 2.00. The second-order valence-electron chi connectivity index (χ2n) is 5.62. The van der Waals surface area contributed by atoms with Crippen LogP contribution in [-0.4, -0.2) is 16.3 Å². The third-order valence-electron chi connectivity index (χ3n) is 3.82. The van der Waals surface area contributed by atoms with Gasteiger partial charge in [-0.15, -0.1) is 0 Å². The zero-order valence-electron chi connectivity index (χ0n) is 13.2. The summed E-state index contributed by atoms with van der Waals surface area (Å²) < 4.78 is 1.95. The SMILES string of the molecule is CCNC(Cc1cc(C)cc(C)c1)c1cnn(C)c1C. The molecule has 3 nitrogen and oxygen atoms in total. The van der Waals surface area contributed by atoms with Crippen LogP contribution in [0.2, 0.25) is 0 Å². The van der Waals surface area contributed by atoms with Crippen molar-refractivity contribution < 1.29 is 0 Å². The highest BCUT2D eigenvalue weighted by Gasteiger charge is 2.16. The van der Waals surface area contributed by atoms with Gasteiger partial charge in [-0.2, -0.15) is 5.10 Å². The minimum absolute atomic E-state index is 0.329. The Labute approximate surface area is 122 Å². The van der Waals surface area contributed by atoms with Gasteiger partial charge in [-0.1, -0.05) is 36.2 Å². The molecule has 1 N–H and O–H groups in total. The number of hydrogen-bond donors (Lipinski definition) is 1. The minimum atomic E-state index is 0.329. The first-order chi connectivity index (χ1) is 9.51. The van der Waals surface area contributed by atoms with Crippen LogP contribution in [0.3, 0.4) is 0 Å². The molecule has 0 saturated carbocycles. The van der Waals surface area contributed by atoms with Crippen LogP contribution in [0.15, 0.2) is 24.4 Å². The molecule has 108 valence electrons. The number of rotatable bonds is 5. The minimum Gasteiger partial charge on any atom is -0.310 e. The van der Waals surface area contributed by atoms with E-state index in [-0.39, 0.29) is 0 Å². The van der Waals surface area contributed by atoms with Gasteiger partial charge in [0.15, 0.2) is 0 Å². The molecule has 0 radical (unpaired) electrons. The second-order valence-corrected chi connectivity index (χ2v) is 5.62. The Hall–Kier alpha value is -1.61. The average Bonchev–Trinajstić information content (AvgIpc) is 2.68. The Kier molecular flexibility index (Phi) is 4.61. The van der Waals surface area contributed by atoms with E-state index in [1.54, 1.807) is 0 Å². The van der Waals surface area contributed by atoms with Gasteiger partial charge in [-0.3, -0.25) is 4.68 Å². The molecule has 3 heteroatoms. The predicted octanol–water partition coefficient (Wildman–Crippen LogP) is 3.24. The van der Waals surface area contributed by atoms with E-state index in [1.807, 2.05) is 17.9 Å². The molecule has 0 spiro atoms. The van der Waals surface area contributed by atoms with Crippen molar-refractivity contribution in [2.24, 2.45) is 7.05 Å². The lowest BCUT2D eigenvalue weighted by atomic mass is 9.97. The van der Waals surface area contributed by atoms with Crippen molar-refractivity contribution in [2.45, 2.75) is 40.2 Å². The summed E-state index contributed by atoms with van der Waals surface area (Å²) in [5, 5.41) is 7.96. The third-order valence-corrected chi connectivity index (χ3v) is 3.82. The Morgan fingerprint density at radius 3 is 2.30 bits per heavy atom. The van der Waals surface area contributed by atoms with E-state index in [0.29, 0.717) is 6.04 Å². The molecule has 0 aliphatic rings. The van der Waals surface area contributed by atoms with Gasteiger partial charge in [0.25, 0.3) is 0 Å². The Morgan fingerprint density at radius 2 is 1.80 bits per heavy atom. The zero-order valence-corrected chi connectivity index (χ0v) is 13.2. The highest BCUT2D eigenvalue weighted by atomic mass is 15.3. The maximum Gasteiger partial charge on any atom is 0.0540 e. The van der Waals surface area contributed by atoms with Crippen LogP contribution >= 0.6 is 0 Å². The fourth-order valence-corrected chi connectivity index (χ4v) is 2.82. The summed E-state index contributed by atoms with van der Waals surface area (Å²) in [6.07, 6.45) is 2.99. The number of benzene rings is 1. The molecule has 1 aromatic carbocycles. The van der Waals surface area contributed by atoms with Gasteiger partial charge in [0.2, 0.25) is 0 Å². The van der Waals surface area contributed by atoms with Crippen molar-refractivity contribution in [2.75, 3.05) is 6.54 Å². The van der Waals surface area contributed by atoms with E-state index < -0.39 is 0 Å². The summed E-state index contributed by atoms with van der Waals surface area (Å²) in [6.45, 7) is 9.57. The van der Waals surface area contributed by atoms with Crippen LogP contribution < -0.4 is 5.32 Å². The van der Waals surface area contributed by atoms with Gasteiger partial charge >= 0.3 is 0 Å². The van der Waals surface area contributed by atoms with E-state index in [9.17, 15) is 0 Å². The van der Waals surface area contributed by atoms with E-state index in [0.717, 1.165) is 13.0 Å². The summed E-state index contributed by atoms with van der Waals surface area (Å²) in [5.74, 6) is 0.